The second-order valence-corrected chi connectivity index (χ2v) is 6.32. The van der Waals surface area contributed by atoms with Gasteiger partial charge >= 0.3 is 0 Å². The zero-order valence-corrected chi connectivity index (χ0v) is 12.3. The average molecular weight is 286 g/mol. The Bertz CT molecular complexity index is 524. The molecule has 1 aliphatic heterocycles. The van der Waals surface area contributed by atoms with Crippen LogP contribution in [0.3, 0.4) is 0 Å². The van der Waals surface area contributed by atoms with Crippen LogP contribution in [0.4, 0.5) is 0 Å². The predicted molar refractivity (Wildman–Crippen MR) is 73.7 cm³/mol. The van der Waals surface area contributed by atoms with Gasteiger partial charge in [0.15, 0.2) is 5.84 Å². The summed E-state index contributed by atoms with van der Waals surface area (Å²) in [6, 6.07) is 5.05. The fourth-order valence-corrected chi connectivity index (χ4v) is 2.29. The molecule has 0 N–H and O–H groups in total. The zero-order chi connectivity index (χ0) is 13.7. The molecule has 0 aliphatic carbocycles. The molecule has 0 atom stereocenters. The quantitative estimate of drug-likeness (QED) is 0.769. The second kappa shape index (κ2) is 4.12. The molecular weight excluding hydrogens is 271 g/mol. The Balaban J connectivity index is 2.53. The van der Waals surface area contributed by atoms with E-state index in [1.54, 1.807) is 18.2 Å². The van der Waals surface area contributed by atoms with Gasteiger partial charge in [0.1, 0.15) is 0 Å². The van der Waals surface area contributed by atoms with Gasteiger partial charge in [0.2, 0.25) is 0 Å². The van der Waals surface area contributed by atoms with E-state index in [1.807, 2.05) is 27.7 Å². The molecule has 1 aliphatic rings. The summed E-state index contributed by atoms with van der Waals surface area (Å²) in [5.41, 5.74) is -0.451. The number of hydrogen-bond donors (Lipinski definition) is 0. The Morgan fingerprint density at radius 3 is 2.22 bits per heavy atom. The van der Waals surface area contributed by atoms with Crippen molar-refractivity contribution in [1.82, 2.24) is 5.06 Å². The van der Waals surface area contributed by atoms with Crippen LogP contribution < -0.4 is 0 Å². The molecule has 0 fully saturated rings. The number of hydrogen-bond acceptors (Lipinski definition) is 2. The summed E-state index contributed by atoms with van der Waals surface area (Å²) in [4.78, 5) is 4.52. The maximum absolute atomic E-state index is 12.4. The highest BCUT2D eigenvalue weighted by atomic mass is 35.5. The van der Waals surface area contributed by atoms with Gasteiger partial charge in [-0.25, -0.2) is 0 Å². The zero-order valence-electron chi connectivity index (χ0n) is 10.8. The van der Waals surface area contributed by atoms with Crippen LogP contribution in [0.15, 0.2) is 23.2 Å². The first-order valence-electron chi connectivity index (χ1n) is 5.69. The molecule has 1 radical (unpaired) electrons. The molecule has 0 saturated heterocycles. The molecule has 5 heteroatoms. The van der Waals surface area contributed by atoms with Crippen LogP contribution in [0.5, 0.6) is 0 Å². The summed E-state index contributed by atoms with van der Waals surface area (Å²) in [5, 5.41) is 14.3. The number of benzene rings is 1. The summed E-state index contributed by atoms with van der Waals surface area (Å²) in [5.74, 6) is 0.367. The SMILES string of the molecule is CC1(C)N=C(c2ccc(Cl)cc2Cl)N([O])C1(C)C. The minimum Gasteiger partial charge on any atom is -0.257 e. The summed E-state index contributed by atoms with van der Waals surface area (Å²) >= 11 is 12.0. The van der Waals surface area contributed by atoms with Crippen molar-refractivity contribution in [1.29, 1.82) is 0 Å². The molecule has 0 bridgehead atoms. The number of aliphatic imine (C=N–C) groups is 1. The highest BCUT2D eigenvalue weighted by Gasteiger charge is 2.50. The third kappa shape index (κ3) is 1.91. The van der Waals surface area contributed by atoms with Crippen LogP contribution in [-0.4, -0.2) is 22.0 Å². The van der Waals surface area contributed by atoms with Crippen LogP contribution in [-0.2, 0) is 5.21 Å². The van der Waals surface area contributed by atoms with Crippen molar-refractivity contribution in [2.24, 2.45) is 4.99 Å². The van der Waals surface area contributed by atoms with Crippen molar-refractivity contribution in [3.05, 3.63) is 33.8 Å². The van der Waals surface area contributed by atoms with Gasteiger partial charge in [0.25, 0.3) is 0 Å². The summed E-state index contributed by atoms with van der Waals surface area (Å²) in [7, 11) is 0. The molecule has 0 aromatic heterocycles. The summed E-state index contributed by atoms with van der Waals surface area (Å²) < 4.78 is 0. The molecule has 18 heavy (non-hydrogen) atoms. The van der Waals surface area contributed by atoms with Gasteiger partial charge in [0.05, 0.1) is 16.1 Å². The van der Waals surface area contributed by atoms with Crippen LogP contribution in [0.2, 0.25) is 10.0 Å². The first-order chi connectivity index (χ1) is 8.17. The Labute approximate surface area is 117 Å². The number of rotatable bonds is 1. The minimum atomic E-state index is -0.606. The van der Waals surface area contributed by atoms with Gasteiger partial charge in [-0.2, -0.15) is 5.06 Å². The highest BCUT2D eigenvalue weighted by molar-refractivity contribution is 6.37. The maximum atomic E-state index is 12.4. The average Bonchev–Trinajstić information content (AvgIpc) is 2.39. The largest absolute Gasteiger partial charge is 0.257 e. The van der Waals surface area contributed by atoms with Gasteiger partial charge in [0, 0.05) is 10.6 Å². The monoisotopic (exact) mass is 285 g/mol. The van der Waals surface area contributed by atoms with Gasteiger partial charge in [-0.15, -0.1) is 0 Å². The predicted octanol–water partition coefficient (Wildman–Crippen LogP) is 3.96. The van der Waals surface area contributed by atoms with Crippen molar-refractivity contribution in [3.63, 3.8) is 0 Å². The van der Waals surface area contributed by atoms with Gasteiger partial charge in [-0.1, -0.05) is 28.4 Å². The Morgan fingerprint density at radius 1 is 1.17 bits per heavy atom. The lowest BCUT2D eigenvalue weighted by Gasteiger charge is -2.35. The van der Waals surface area contributed by atoms with Crippen molar-refractivity contribution < 1.29 is 5.21 Å². The smallest absolute Gasteiger partial charge is 0.161 e. The highest BCUT2D eigenvalue weighted by Crippen LogP contribution is 2.39. The molecular formula is C13H15Cl2N2O. The van der Waals surface area contributed by atoms with E-state index in [-0.39, 0.29) is 0 Å². The first kappa shape index (κ1) is 13.7. The summed E-state index contributed by atoms with van der Waals surface area (Å²) in [6.07, 6.45) is 0. The minimum absolute atomic E-state index is 0.367. The standard InChI is InChI=1S/C13H15Cl2N2O/c1-12(2)13(3,4)17(18)11(16-12)9-6-5-8(14)7-10(9)15/h5-7H,1-4H3. The Hall–Kier alpha value is -0.770. The lowest BCUT2D eigenvalue weighted by Crippen LogP contribution is -2.50. The number of nitrogens with zero attached hydrogens (tertiary/aromatic N) is 2. The normalized spacial score (nSPS) is 21.1. The molecule has 1 heterocycles. The topological polar surface area (TPSA) is 35.5 Å². The number of hydroxylamine groups is 2. The second-order valence-electron chi connectivity index (χ2n) is 5.47. The van der Waals surface area contributed by atoms with E-state index in [0.717, 1.165) is 5.06 Å². The fraction of sp³-hybridized carbons (Fsp3) is 0.462. The van der Waals surface area contributed by atoms with Crippen LogP contribution in [0.25, 0.3) is 0 Å². The van der Waals surface area contributed by atoms with E-state index in [9.17, 15) is 5.21 Å². The van der Waals surface area contributed by atoms with E-state index < -0.39 is 11.1 Å². The molecule has 0 saturated carbocycles. The lowest BCUT2D eigenvalue weighted by molar-refractivity contribution is -0.158. The van der Waals surface area contributed by atoms with E-state index in [4.69, 9.17) is 23.2 Å². The van der Waals surface area contributed by atoms with Crippen LogP contribution in [0, 0.1) is 0 Å². The third-order valence-electron chi connectivity index (χ3n) is 3.75. The van der Waals surface area contributed by atoms with Crippen LogP contribution in [0.1, 0.15) is 33.3 Å². The Morgan fingerprint density at radius 2 is 1.78 bits per heavy atom. The van der Waals surface area contributed by atoms with E-state index in [2.05, 4.69) is 4.99 Å². The lowest BCUT2D eigenvalue weighted by atomic mass is 9.84. The molecule has 0 amide bonds. The molecule has 0 unspecified atom stereocenters. The van der Waals surface area contributed by atoms with E-state index in [0.29, 0.717) is 21.4 Å². The maximum Gasteiger partial charge on any atom is 0.161 e. The molecule has 1 aromatic rings. The molecule has 0 spiro atoms. The molecule has 97 valence electrons. The molecule has 1 aromatic carbocycles. The van der Waals surface area contributed by atoms with Crippen molar-refractivity contribution in [2.75, 3.05) is 0 Å². The van der Waals surface area contributed by atoms with Gasteiger partial charge < -0.3 is 0 Å². The van der Waals surface area contributed by atoms with Gasteiger partial charge in [-0.05, 0) is 45.9 Å². The first-order valence-corrected chi connectivity index (χ1v) is 6.45. The Kier molecular flexibility index (Phi) is 3.13. The molecule has 3 nitrogen and oxygen atoms in total. The van der Waals surface area contributed by atoms with Crippen molar-refractivity contribution in [3.8, 4) is 0 Å². The third-order valence-corrected chi connectivity index (χ3v) is 4.30. The summed E-state index contributed by atoms with van der Waals surface area (Å²) in [6.45, 7) is 7.63. The fourth-order valence-electron chi connectivity index (χ4n) is 1.80. The van der Waals surface area contributed by atoms with E-state index in [1.165, 1.54) is 0 Å². The molecule has 2 rings (SSSR count). The number of amidine groups is 1. The van der Waals surface area contributed by atoms with Crippen molar-refractivity contribution >= 4 is 29.0 Å². The van der Waals surface area contributed by atoms with E-state index >= 15 is 0 Å². The van der Waals surface area contributed by atoms with Crippen molar-refractivity contribution in [2.45, 2.75) is 38.8 Å². The number of halogens is 2. The van der Waals surface area contributed by atoms with Gasteiger partial charge in [-0.3, -0.25) is 4.99 Å². The van der Waals surface area contributed by atoms with Crippen LogP contribution >= 0.6 is 23.2 Å².